The van der Waals surface area contributed by atoms with Crippen LogP contribution in [0.15, 0.2) is 29.4 Å². The summed E-state index contributed by atoms with van der Waals surface area (Å²) in [7, 11) is 0. The number of rotatable bonds is 0. The highest BCUT2D eigenvalue weighted by Crippen LogP contribution is 2.17. The third-order valence-electron chi connectivity index (χ3n) is 3.62. The maximum atomic E-state index is 11.9. The summed E-state index contributed by atoms with van der Waals surface area (Å²) in [6.07, 6.45) is 4.48. The van der Waals surface area contributed by atoms with Gasteiger partial charge < -0.3 is 4.90 Å². The normalized spacial score (nSPS) is 19.7. The summed E-state index contributed by atoms with van der Waals surface area (Å²) in [5.74, 6) is 0.894. The fraction of sp³-hybridized carbons (Fsp3) is 0.429. The lowest BCUT2D eigenvalue weighted by atomic mass is 10.0. The number of hydrogen-bond donors (Lipinski definition) is 1. The SMILES string of the molecule is O=C1NN=C(N2CCCCC2)Cc2ccccc21. The van der Waals surface area contributed by atoms with Crippen molar-refractivity contribution in [3.63, 3.8) is 0 Å². The third-order valence-corrected chi connectivity index (χ3v) is 3.62. The number of hydrazone groups is 1. The van der Waals surface area contributed by atoms with Gasteiger partial charge in [0.05, 0.1) is 0 Å². The molecule has 1 fully saturated rings. The molecule has 1 saturated heterocycles. The smallest absolute Gasteiger partial charge is 0.271 e. The van der Waals surface area contributed by atoms with Crippen LogP contribution in [-0.2, 0) is 6.42 Å². The van der Waals surface area contributed by atoms with Crippen molar-refractivity contribution in [3.8, 4) is 0 Å². The first kappa shape index (κ1) is 11.3. The summed E-state index contributed by atoms with van der Waals surface area (Å²) in [4.78, 5) is 14.2. The number of amides is 1. The molecule has 0 atom stereocenters. The Balaban J connectivity index is 1.88. The number of carbonyl (C=O) groups is 1. The fourth-order valence-corrected chi connectivity index (χ4v) is 2.62. The Morgan fingerprint density at radius 2 is 1.89 bits per heavy atom. The van der Waals surface area contributed by atoms with E-state index >= 15 is 0 Å². The van der Waals surface area contributed by atoms with E-state index in [4.69, 9.17) is 0 Å². The van der Waals surface area contributed by atoms with E-state index in [9.17, 15) is 4.79 Å². The summed E-state index contributed by atoms with van der Waals surface area (Å²) in [6.45, 7) is 2.10. The van der Waals surface area contributed by atoms with Gasteiger partial charge in [0.25, 0.3) is 5.91 Å². The standard InChI is InChI=1S/C14H17N3O/c18-14-12-7-3-2-6-11(12)10-13(15-16-14)17-8-4-1-5-9-17/h2-3,6-7H,1,4-5,8-10H2,(H,16,18). The molecule has 1 aromatic rings. The van der Waals surface area contributed by atoms with E-state index in [2.05, 4.69) is 15.4 Å². The molecule has 0 saturated carbocycles. The largest absolute Gasteiger partial charge is 0.358 e. The molecule has 2 aliphatic rings. The molecule has 1 amide bonds. The minimum absolute atomic E-state index is 0.0994. The van der Waals surface area contributed by atoms with Crippen LogP contribution in [0, 0.1) is 0 Å². The molecule has 3 rings (SSSR count). The molecular weight excluding hydrogens is 226 g/mol. The number of nitrogens with one attached hydrogen (secondary N) is 1. The number of hydrogen-bond acceptors (Lipinski definition) is 3. The van der Waals surface area contributed by atoms with Gasteiger partial charge in [-0.3, -0.25) is 4.79 Å². The summed E-state index contributed by atoms with van der Waals surface area (Å²) in [6, 6.07) is 7.74. The van der Waals surface area contributed by atoms with E-state index in [1.807, 2.05) is 24.3 Å². The fourth-order valence-electron chi connectivity index (χ4n) is 2.62. The van der Waals surface area contributed by atoms with Crippen LogP contribution in [0.4, 0.5) is 0 Å². The van der Waals surface area contributed by atoms with Crippen LogP contribution in [0.5, 0.6) is 0 Å². The number of amidine groups is 1. The minimum atomic E-state index is -0.0994. The molecular formula is C14H17N3O. The summed E-state index contributed by atoms with van der Waals surface area (Å²) in [5, 5.41) is 4.29. The summed E-state index contributed by atoms with van der Waals surface area (Å²) in [5.41, 5.74) is 4.47. The number of piperidine rings is 1. The van der Waals surface area contributed by atoms with Crippen molar-refractivity contribution in [1.29, 1.82) is 0 Å². The Kier molecular flexibility index (Phi) is 3.00. The second-order valence-electron chi connectivity index (χ2n) is 4.85. The molecule has 0 unspecified atom stereocenters. The predicted octanol–water partition coefficient (Wildman–Crippen LogP) is 1.77. The number of likely N-dealkylation sites (tertiary alicyclic amines) is 1. The minimum Gasteiger partial charge on any atom is -0.358 e. The highest BCUT2D eigenvalue weighted by molar-refractivity contribution is 6.00. The lowest BCUT2D eigenvalue weighted by Crippen LogP contribution is -2.37. The molecule has 2 heterocycles. The van der Waals surface area contributed by atoms with Gasteiger partial charge in [-0.05, 0) is 30.9 Å². The van der Waals surface area contributed by atoms with Crippen molar-refractivity contribution in [2.75, 3.05) is 13.1 Å². The first-order chi connectivity index (χ1) is 8.84. The molecule has 1 aromatic carbocycles. The molecule has 1 N–H and O–H groups in total. The van der Waals surface area contributed by atoms with Crippen molar-refractivity contribution < 1.29 is 4.79 Å². The molecule has 2 aliphatic heterocycles. The maximum absolute atomic E-state index is 11.9. The zero-order valence-electron chi connectivity index (χ0n) is 10.4. The van der Waals surface area contributed by atoms with E-state index in [0.29, 0.717) is 0 Å². The predicted molar refractivity (Wildman–Crippen MR) is 70.5 cm³/mol. The zero-order chi connectivity index (χ0) is 12.4. The summed E-state index contributed by atoms with van der Waals surface area (Å²) < 4.78 is 0. The van der Waals surface area contributed by atoms with Crippen LogP contribution < -0.4 is 5.43 Å². The number of nitrogens with zero attached hydrogens (tertiary/aromatic N) is 2. The van der Waals surface area contributed by atoms with Gasteiger partial charge in [0, 0.05) is 25.1 Å². The first-order valence-electron chi connectivity index (χ1n) is 6.54. The molecule has 0 aromatic heterocycles. The zero-order valence-corrected chi connectivity index (χ0v) is 10.4. The quantitative estimate of drug-likeness (QED) is 0.754. The lowest BCUT2D eigenvalue weighted by Gasteiger charge is -2.29. The Morgan fingerprint density at radius 1 is 1.11 bits per heavy atom. The van der Waals surface area contributed by atoms with Gasteiger partial charge in [0.15, 0.2) is 0 Å². The second-order valence-corrected chi connectivity index (χ2v) is 4.85. The Bertz CT molecular complexity index is 490. The van der Waals surface area contributed by atoms with Crippen LogP contribution >= 0.6 is 0 Å². The lowest BCUT2D eigenvalue weighted by molar-refractivity contribution is 0.0954. The molecule has 0 bridgehead atoms. The van der Waals surface area contributed by atoms with Gasteiger partial charge in [-0.1, -0.05) is 18.2 Å². The van der Waals surface area contributed by atoms with Gasteiger partial charge >= 0.3 is 0 Å². The maximum Gasteiger partial charge on any atom is 0.271 e. The van der Waals surface area contributed by atoms with E-state index in [1.165, 1.54) is 19.3 Å². The van der Waals surface area contributed by atoms with Gasteiger partial charge in [-0.25, -0.2) is 5.43 Å². The van der Waals surface area contributed by atoms with E-state index in [0.717, 1.165) is 36.5 Å². The van der Waals surface area contributed by atoms with Crippen molar-refractivity contribution in [2.24, 2.45) is 5.10 Å². The van der Waals surface area contributed by atoms with Gasteiger partial charge in [0.1, 0.15) is 5.84 Å². The molecule has 0 spiro atoms. The second kappa shape index (κ2) is 4.80. The molecule has 0 aliphatic carbocycles. The highest BCUT2D eigenvalue weighted by Gasteiger charge is 2.21. The Morgan fingerprint density at radius 3 is 2.72 bits per heavy atom. The summed E-state index contributed by atoms with van der Waals surface area (Å²) >= 11 is 0. The third kappa shape index (κ3) is 2.10. The molecule has 18 heavy (non-hydrogen) atoms. The molecule has 4 heteroatoms. The van der Waals surface area contributed by atoms with Crippen LogP contribution in [0.1, 0.15) is 35.2 Å². The van der Waals surface area contributed by atoms with Gasteiger partial charge in [-0.15, -0.1) is 0 Å². The first-order valence-corrected chi connectivity index (χ1v) is 6.54. The van der Waals surface area contributed by atoms with Crippen molar-refractivity contribution in [2.45, 2.75) is 25.7 Å². The highest BCUT2D eigenvalue weighted by atomic mass is 16.2. The van der Waals surface area contributed by atoms with Crippen molar-refractivity contribution in [3.05, 3.63) is 35.4 Å². The van der Waals surface area contributed by atoms with Gasteiger partial charge in [-0.2, -0.15) is 5.10 Å². The van der Waals surface area contributed by atoms with E-state index in [1.54, 1.807) is 0 Å². The van der Waals surface area contributed by atoms with E-state index < -0.39 is 0 Å². The Hall–Kier alpha value is -1.84. The van der Waals surface area contributed by atoms with Crippen LogP contribution in [0.2, 0.25) is 0 Å². The van der Waals surface area contributed by atoms with Crippen LogP contribution in [0.3, 0.4) is 0 Å². The average molecular weight is 243 g/mol. The monoisotopic (exact) mass is 243 g/mol. The molecule has 0 radical (unpaired) electrons. The van der Waals surface area contributed by atoms with Crippen molar-refractivity contribution in [1.82, 2.24) is 10.3 Å². The number of carbonyl (C=O) groups excluding carboxylic acids is 1. The Labute approximate surface area is 107 Å². The van der Waals surface area contributed by atoms with E-state index in [-0.39, 0.29) is 5.91 Å². The van der Waals surface area contributed by atoms with Gasteiger partial charge in [0.2, 0.25) is 0 Å². The molecule has 94 valence electrons. The topological polar surface area (TPSA) is 44.7 Å². The van der Waals surface area contributed by atoms with Crippen molar-refractivity contribution >= 4 is 11.7 Å². The van der Waals surface area contributed by atoms with Crippen LogP contribution in [0.25, 0.3) is 0 Å². The van der Waals surface area contributed by atoms with Crippen LogP contribution in [-0.4, -0.2) is 29.7 Å². The molecule has 4 nitrogen and oxygen atoms in total. The average Bonchev–Trinajstić information content (AvgIpc) is 2.60. The number of benzene rings is 1. The number of fused-ring (bicyclic) bond motifs is 1.